The highest BCUT2D eigenvalue weighted by atomic mass is 35.5. The zero-order valence-electron chi connectivity index (χ0n) is 10.9. The number of carbonyl (C=O) groups excluding carboxylic acids is 1. The van der Waals surface area contributed by atoms with Crippen LogP contribution in [0.4, 0.5) is 11.4 Å². The van der Waals surface area contributed by atoms with Crippen molar-refractivity contribution in [2.24, 2.45) is 5.92 Å². The van der Waals surface area contributed by atoms with Crippen LogP contribution in [0.1, 0.15) is 19.3 Å². The number of nitro groups is 1. The molecule has 1 heterocycles. The molecule has 0 radical (unpaired) electrons. The summed E-state index contributed by atoms with van der Waals surface area (Å²) in [6, 6.07) is 4.00. The molecule has 1 atom stereocenters. The first-order valence-electron chi connectivity index (χ1n) is 6.51. The van der Waals surface area contributed by atoms with Crippen LogP contribution in [-0.2, 0) is 4.79 Å². The highest BCUT2D eigenvalue weighted by Crippen LogP contribution is 2.27. The minimum Gasteiger partial charge on any atom is -0.325 e. The molecule has 0 aromatic heterocycles. The van der Waals surface area contributed by atoms with E-state index in [9.17, 15) is 14.9 Å². The maximum atomic E-state index is 11.8. The van der Waals surface area contributed by atoms with Gasteiger partial charge in [0.2, 0.25) is 5.91 Å². The van der Waals surface area contributed by atoms with Gasteiger partial charge < -0.3 is 10.6 Å². The van der Waals surface area contributed by atoms with E-state index < -0.39 is 4.92 Å². The van der Waals surface area contributed by atoms with Crippen LogP contribution in [0.25, 0.3) is 0 Å². The van der Waals surface area contributed by atoms with Crippen LogP contribution in [0.2, 0.25) is 5.02 Å². The molecular weight excluding hydrogens is 282 g/mol. The number of halogens is 1. The van der Waals surface area contributed by atoms with Crippen LogP contribution in [-0.4, -0.2) is 23.9 Å². The van der Waals surface area contributed by atoms with Crippen molar-refractivity contribution < 1.29 is 9.72 Å². The normalized spacial score (nSPS) is 17.9. The van der Waals surface area contributed by atoms with Crippen molar-refractivity contribution >= 4 is 28.9 Å². The maximum absolute atomic E-state index is 11.8. The average molecular weight is 298 g/mol. The molecule has 2 rings (SSSR count). The number of nitrogens with zero attached hydrogens (tertiary/aromatic N) is 1. The first-order chi connectivity index (χ1) is 9.56. The first-order valence-corrected chi connectivity index (χ1v) is 6.88. The Morgan fingerprint density at radius 3 is 3.00 bits per heavy atom. The largest absolute Gasteiger partial charge is 0.325 e. The van der Waals surface area contributed by atoms with Gasteiger partial charge in [0.05, 0.1) is 15.6 Å². The van der Waals surface area contributed by atoms with Crippen molar-refractivity contribution in [2.75, 3.05) is 18.4 Å². The van der Waals surface area contributed by atoms with Crippen molar-refractivity contribution in [3.05, 3.63) is 33.3 Å². The molecule has 1 amide bonds. The lowest BCUT2D eigenvalue weighted by atomic mass is 10.0. The van der Waals surface area contributed by atoms with Crippen molar-refractivity contribution in [3.8, 4) is 0 Å². The molecule has 20 heavy (non-hydrogen) atoms. The number of hydrogen-bond acceptors (Lipinski definition) is 4. The van der Waals surface area contributed by atoms with E-state index in [-0.39, 0.29) is 17.3 Å². The van der Waals surface area contributed by atoms with Crippen molar-refractivity contribution in [2.45, 2.75) is 19.3 Å². The number of nitro benzene ring substituents is 1. The fourth-order valence-electron chi connectivity index (χ4n) is 2.23. The molecule has 6 nitrogen and oxygen atoms in total. The van der Waals surface area contributed by atoms with E-state index in [1.54, 1.807) is 0 Å². The SMILES string of the molecule is O=C(CCC1CCNC1)Nc1cc([N+](=O)[O-])ccc1Cl. The maximum Gasteiger partial charge on any atom is 0.271 e. The number of hydrogen-bond donors (Lipinski definition) is 2. The molecule has 108 valence electrons. The van der Waals surface area contributed by atoms with Crippen LogP contribution in [0.15, 0.2) is 18.2 Å². The van der Waals surface area contributed by atoms with Gasteiger partial charge >= 0.3 is 0 Å². The zero-order valence-corrected chi connectivity index (χ0v) is 11.7. The molecule has 1 aromatic rings. The van der Waals surface area contributed by atoms with E-state index in [0.717, 1.165) is 25.9 Å². The summed E-state index contributed by atoms with van der Waals surface area (Å²) in [5, 5.41) is 16.9. The highest BCUT2D eigenvalue weighted by molar-refractivity contribution is 6.33. The molecule has 7 heteroatoms. The third kappa shape index (κ3) is 3.91. The van der Waals surface area contributed by atoms with E-state index >= 15 is 0 Å². The Morgan fingerprint density at radius 1 is 1.55 bits per heavy atom. The van der Waals surface area contributed by atoms with Crippen molar-refractivity contribution in [1.29, 1.82) is 0 Å². The lowest BCUT2D eigenvalue weighted by molar-refractivity contribution is -0.384. The molecule has 1 aliphatic rings. The van der Waals surface area contributed by atoms with Crippen LogP contribution < -0.4 is 10.6 Å². The molecule has 1 unspecified atom stereocenters. The Balaban J connectivity index is 1.92. The molecule has 0 aliphatic carbocycles. The van der Waals surface area contributed by atoms with Gasteiger partial charge in [0, 0.05) is 18.6 Å². The fourth-order valence-corrected chi connectivity index (χ4v) is 2.40. The topological polar surface area (TPSA) is 84.3 Å². The zero-order chi connectivity index (χ0) is 14.5. The second-order valence-corrected chi connectivity index (χ2v) is 5.27. The lowest BCUT2D eigenvalue weighted by Crippen LogP contribution is -2.15. The van der Waals surface area contributed by atoms with E-state index in [1.807, 2.05) is 0 Å². The van der Waals surface area contributed by atoms with Crippen LogP contribution in [0.3, 0.4) is 0 Å². The number of anilines is 1. The van der Waals surface area contributed by atoms with Crippen LogP contribution >= 0.6 is 11.6 Å². The van der Waals surface area contributed by atoms with Gasteiger partial charge in [-0.15, -0.1) is 0 Å². The Morgan fingerprint density at radius 2 is 2.35 bits per heavy atom. The number of benzene rings is 1. The lowest BCUT2D eigenvalue weighted by Gasteiger charge is -2.09. The second-order valence-electron chi connectivity index (χ2n) is 4.87. The summed E-state index contributed by atoms with van der Waals surface area (Å²) in [4.78, 5) is 22.0. The van der Waals surface area contributed by atoms with Crippen molar-refractivity contribution in [1.82, 2.24) is 5.32 Å². The number of rotatable bonds is 5. The minimum absolute atomic E-state index is 0.0929. The highest BCUT2D eigenvalue weighted by Gasteiger charge is 2.17. The van der Waals surface area contributed by atoms with Gasteiger partial charge in [-0.2, -0.15) is 0 Å². The quantitative estimate of drug-likeness (QED) is 0.646. The monoisotopic (exact) mass is 297 g/mol. The van der Waals surface area contributed by atoms with Crippen LogP contribution in [0, 0.1) is 16.0 Å². The number of carbonyl (C=O) groups is 1. The summed E-state index contributed by atoms with van der Waals surface area (Å²) in [6.07, 6.45) is 2.29. The standard InChI is InChI=1S/C13H16ClN3O3/c14-11-3-2-10(17(19)20)7-12(11)16-13(18)4-1-9-5-6-15-8-9/h2-3,7,9,15H,1,4-6,8H2,(H,16,18). The van der Waals surface area contributed by atoms with Gasteiger partial charge in [-0.3, -0.25) is 14.9 Å². The van der Waals surface area contributed by atoms with Gasteiger partial charge in [-0.05, 0) is 37.9 Å². The molecule has 2 N–H and O–H groups in total. The molecule has 0 bridgehead atoms. The van der Waals surface area contributed by atoms with E-state index in [2.05, 4.69) is 10.6 Å². The van der Waals surface area contributed by atoms with Gasteiger partial charge in [-0.1, -0.05) is 11.6 Å². The molecule has 1 saturated heterocycles. The predicted octanol–water partition coefficient (Wildman–Crippen LogP) is 2.58. The second kappa shape index (κ2) is 6.67. The fraction of sp³-hybridized carbons (Fsp3) is 0.462. The molecule has 1 aliphatic heterocycles. The summed E-state index contributed by atoms with van der Waals surface area (Å²) in [6.45, 7) is 1.95. The average Bonchev–Trinajstić information content (AvgIpc) is 2.92. The van der Waals surface area contributed by atoms with E-state index in [0.29, 0.717) is 17.4 Å². The van der Waals surface area contributed by atoms with E-state index in [4.69, 9.17) is 11.6 Å². The predicted molar refractivity (Wildman–Crippen MR) is 76.9 cm³/mol. The van der Waals surface area contributed by atoms with E-state index in [1.165, 1.54) is 18.2 Å². The summed E-state index contributed by atoms with van der Waals surface area (Å²) >= 11 is 5.92. The molecule has 0 spiro atoms. The number of non-ortho nitro benzene ring substituents is 1. The summed E-state index contributed by atoms with van der Waals surface area (Å²) < 4.78 is 0. The first kappa shape index (κ1) is 14.7. The number of amides is 1. The third-order valence-corrected chi connectivity index (χ3v) is 3.71. The van der Waals surface area contributed by atoms with Gasteiger partial charge in [0.1, 0.15) is 0 Å². The van der Waals surface area contributed by atoms with Gasteiger partial charge in [0.25, 0.3) is 5.69 Å². The smallest absolute Gasteiger partial charge is 0.271 e. The van der Waals surface area contributed by atoms with Gasteiger partial charge in [0.15, 0.2) is 0 Å². The molecule has 1 aromatic carbocycles. The molecular formula is C13H16ClN3O3. The third-order valence-electron chi connectivity index (χ3n) is 3.38. The Labute approximate surface area is 121 Å². The molecule has 1 fully saturated rings. The Hall–Kier alpha value is -1.66. The Kier molecular flexibility index (Phi) is 4.92. The molecule has 0 saturated carbocycles. The summed E-state index contributed by atoms with van der Waals surface area (Å²) in [5.74, 6) is 0.362. The number of nitrogens with one attached hydrogen (secondary N) is 2. The van der Waals surface area contributed by atoms with Crippen molar-refractivity contribution in [3.63, 3.8) is 0 Å². The summed E-state index contributed by atoms with van der Waals surface area (Å²) in [7, 11) is 0. The van der Waals surface area contributed by atoms with Gasteiger partial charge in [-0.25, -0.2) is 0 Å². The Bertz CT molecular complexity index is 516. The summed E-state index contributed by atoms with van der Waals surface area (Å²) in [5.41, 5.74) is 0.195. The minimum atomic E-state index is -0.518. The van der Waals surface area contributed by atoms with Crippen LogP contribution in [0.5, 0.6) is 0 Å².